The van der Waals surface area contributed by atoms with Crippen LogP contribution in [0, 0.1) is 0 Å². The Balaban J connectivity index is 1.25. The van der Waals surface area contributed by atoms with Gasteiger partial charge in [0.2, 0.25) is 0 Å². The lowest BCUT2D eigenvalue weighted by atomic mass is 9.97. The molecule has 0 unspecified atom stereocenters. The van der Waals surface area contributed by atoms with E-state index >= 15 is 0 Å². The highest BCUT2D eigenvalue weighted by atomic mass is 15.0. The molecule has 0 amide bonds. The second kappa shape index (κ2) is 11.5. The van der Waals surface area contributed by atoms with Crippen LogP contribution >= 0.6 is 0 Å². The first kappa shape index (κ1) is 28.4. The molecule has 234 valence electrons. The molecule has 0 bridgehead atoms. The van der Waals surface area contributed by atoms with Crippen LogP contribution in [0.5, 0.6) is 0 Å². The summed E-state index contributed by atoms with van der Waals surface area (Å²) in [4.78, 5) is 0. The van der Waals surface area contributed by atoms with E-state index in [1.54, 1.807) is 0 Å². The Morgan fingerprint density at radius 2 is 0.860 bits per heavy atom. The number of para-hydroxylation sites is 3. The molecular formula is C48H32N2. The van der Waals surface area contributed by atoms with E-state index in [9.17, 15) is 0 Å². The standard InChI is InChI=1S/C48H32N2/c1-4-15-33(16-5-1)35-27-29-38(34-17-6-2-7-18-34)47(32-35)50-44-25-13-11-22-41(44)48-39(23-14-26-46(48)50)36-28-30-45-42(31-36)40-21-10-12-24-43(40)49(45)37-19-8-3-9-20-37/h1-32H. The van der Waals surface area contributed by atoms with Crippen molar-refractivity contribution in [2.45, 2.75) is 0 Å². The second-order valence-corrected chi connectivity index (χ2v) is 12.9. The molecule has 10 rings (SSSR count). The van der Waals surface area contributed by atoms with Crippen LogP contribution in [-0.2, 0) is 0 Å². The lowest BCUT2D eigenvalue weighted by Crippen LogP contribution is -1.98. The third kappa shape index (κ3) is 4.43. The monoisotopic (exact) mass is 636 g/mol. The van der Waals surface area contributed by atoms with E-state index in [1.807, 2.05) is 0 Å². The number of nitrogens with zero attached hydrogens (tertiary/aromatic N) is 2. The molecule has 0 spiro atoms. The van der Waals surface area contributed by atoms with Crippen LogP contribution in [0.3, 0.4) is 0 Å². The fraction of sp³-hybridized carbons (Fsp3) is 0. The highest BCUT2D eigenvalue weighted by Gasteiger charge is 2.20. The molecule has 2 heterocycles. The number of benzene rings is 8. The van der Waals surface area contributed by atoms with Crippen LogP contribution < -0.4 is 0 Å². The molecule has 0 saturated heterocycles. The first-order valence-electron chi connectivity index (χ1n) is 17.2. The molecule has 0 saturated carbocycles. The van der Waals surface area contributed by atoms with Crippen molar-refractivity contribution in [1.29, 1.82) is 0 Å². The van der Waals surface area contributed by atoms with Gasteiger partial charge in [-0.25, -0.2) is 0 Å². The van der Waals surface area contributed by atoms with Gasteiger partial charge in [-0.2, -0.15) is 0 Å². The summed E-state index contributed by atoms with van der Waals surface area (Å²) in [5, 5.41) is 5.02. The molecule has 2 aromatic heterocycles. The van der Waals surface area contributed by atoms with Crippen LogP contribution in [0.25, 0.3) is 88.4 Å². The van der Waals surface area contributed by atoms with Crippen molar-refractivity contribution in [3.8, 4) is 44.8 Å². The minimum atomic E-state index is 1.17. The molecule has 0 atom stereocenters. The molecular weight excluding hydrogens is 605 g/mol. The zero-order valence-corrected chi connectivity index (χ0v) is 27.4. The van der Waals surface area contributed by atoms with E-state index in [4.69, 9.17) is 0 Å². The normalized spacial score (nSPS) is 11.6. The smallest absolute Gasteiger partial charge is 0.0547 e. The van der Waals surface area contributed by atoms with Gasteiger partial charge in [-0.1, -0.05) is 146 Å². The Morgan fingerprint density at radius 1 is 0.280 bits per heavy atom. The molecule has 0 aliphatic heterocycles. The topological polar surface area (TPSA) is 9.86 Å². The third-order valence-corrected chi connectivity index (χ3v) is 10.1. The minimum Gasteiger partial charge on any atom is -0.309 e. The summed E-state index contributed by atoms with van der Waals surface area (Å²) < 4.78 is 4.86. The van der Waals surface area contributed by atoms with Gasteiger partial charge in [0.25, 0.3) is 0 Å². The minimum absolute atomic E-state index is 1.17. The van der Waals surface area contributed by atoms with Gasteiger partial charge in [-0.05, 0) is 76.3 Å². The highest BCUT2D eigenvalue weighted by Crippen LogP contribution is 2.43. The Kier molecular flexibility index (Phi) is 6.53. The van der Waals surface area contributed by atoms with E-state index in [1.165, 1.54) is 88.4 Å². The van der Waals surface area contributed by atoms with Crippen molar-refractivity contribution >= 4 is 43.6 Å². The molecule has 0 N–H and O–H groups in total. The molecule has 0 aliphatic rings. The molecule has 0 radical (unpaired) electrons. The highest BCUT2D eigenvalue weighted by molar-refractivity contribution is 6.17. The van der Waals surface area contributed by atoms with Crippen LogP contribution in [0.2, 0.25) is 0 Å². The number of aromatic nitrogens is 2. The zero-order valence-electron chi connectivity index (χ0n) is 27.4. The summed E-state index contributed by atoms with van der Waals surface area (Å²) in [6.45, 7) is 0. The molecule has 50 heavy (non-hydrogen) atoms. The largest absolute Gasteiger partial charge is 0.309 e. The van der Waals surface area contributed by atoms with Crippen molar-refractivity contribution in [2.24, 2.45) is 0 Å². The van der Waals surface area contributed by atoms with Gasteiger partial charge in [-0.15, -0.1) is 0 Å². The van der Waals surface area contributed by atoms with E-state index < -0.39 is 0 Å². The van der Waals surface area contributed by atoms with Gasteiger partial charge >= 0.3 is 0 Å². The fourth-order valence-corrected chi connectivity index (χ4v) is 7.90. The van der Waals surface area contributed by atoms with Crippen LogP contribution in [0.15, 0.2) is 194 Å². The predicted octanol–water partition coefficient (Wildman–Crippen LogP) is 12.9. The molecule has 8 aromatic carbocycles. The van der Waals surface area contributed by atoms with Crippen LogP contribution in [-0.4, -0.2) is 9.13 Å². The summed E-state index contributed by atoms with van der Waals surface area (Å²) in [6.07, 6.45) is 0. The summed E-state index contributed by atoms with van der Waals surface area (Å²) in [5.74, 6) is 0. The summed E-state index contributed by atoms with van der Waals surface area (Å²) >= 11 is 0. The predicted molar refractivity (Wildman–Crippen MR) is 211 cm³/mol. The average Bonchev–Trinajstić information content (AvgIpc) is 3.71. The molecule has 2 heteroatoms. The maximum Gasteiger partial charge on any atom is 0.0547 e. The third-order valence-electron chi connectivity index (χ3n) is 10.1. The number of rotatable bonds is 5. The van der Waals surface area contributed by atoms with Crippen LogP contribution in [0.4, 0.5) is 0 Å². The van der Waals surface area contributed by atoms with Crippen LogP contribution in [0.1, 0.15) is 0 Å². The number of hydrogen-bond donors (Lipinski definition) is 0. The Labute approximate surface area is 290 Å². The number of hydrogen-bond acceptors (Lipinski definition) is 0. The molecule has 10 aromatic rings. The van der Waals surface area contributed by atoms with Crippen molar-refractivity contribution in [2.75, 3.05) is 0 Å². The first-order valence-corrected chi connectivity index (χ1v) is 17.2. The van der Waals surface area contributed by atoms with Gasteiger partial charge in [0.05, 0.1) is 27.8 Å². The fourth-order valence-electron chi connectivity index (χ4n) is 7.90. The Bertz CT molecular complexity index is 2840. The average molecular weight is 637 g/mol. The van der Waals surface area contributed by atoms with Crippen molar-refractivity contribution in [1.82, 2.24) is 9.13 Å². The molecule has 0 fully saturated rings. The van der Waals surface area contributed by atoms with Crippen molar-refractivity contribution in [3.05, 3.63) is 194 Å². The van der Waals surface area contributed by atoms with E-state index in [0.717, 1.165) is 0 Å². The van der Waals surface area contributed by atoms with Gasteiger partial charge < -0.3 is 9.13 Å². The maximum atomic E-state index is 2.47. The lowest BCUT2D eigenvalue weighted by molar-refractivity contribution is 1.18. The summed E-state index contributed by atoms with van der Waals surface area (Å²) in [6, 6.07) is 70.4. The molecule has 0 aliphatic carbocycles. The summed E-state index contributed by atoms with van der Waals surface area (Å²) in [5.41, 5.74) is 14.4. The van der Waals surface area contributed by atoms with E-state index in [2.05, 4.69) is 203 Å². The van der Waals surface area contributed by atoms with Gasteiger partial charge in [0.1, 0.15) is 0 Å². The summed E-state index contributed by atoms with van der Waals surface area (Å²) in [7, 11) is 0. The van der Waals surface area contributed by atoms with Gasteiger partial charge in [0.15, 0.2) is 0 Å². The first-order chi connectivity index (χ1) is 24.8. The maximum absolute atomic E-state index is 2.47. The Morgan fingerprint density at radius 3 is 1.62 bits per heavy atom. The zero-order chi connectivity index (χ0) is 33.0. The Hall–Kier alpha value is -6.64. The lowest BCUT2D eigenvalue weighted by Gasteiger charge is -2.16. The second-order valence-electron chi connectivity index (χ2n) is 12.9. The molecule has 2 nitrogen and oxygen atoms in total. The van der Waals surface area contributed by atoms with Crippen molar-refractivity contribution in [3.63, 3.8) is 0 Å². The van der Waals surface area contributed by atoms with E-state index in [-0.39, 0.29) is 0 Å². The SMILES string of the molecule is c1ccc(-c2ccc(-c3ccccc3)c(-n3c4ccccc4c4c(-c5ccc6c(c5)c5ccccc5n6-c5ccccc5)cccc43)c2)cc1. The quantitative estimate of drug-likeness (QED) is 0.178. The number of fused-ring (bicyclic) bond motifs is 6. The van der Waals surface area contributed by atoms with Crippen molar-refractivity contribution < 1.29 is 0 Å². The van der Waals surface area contributed by atoms with E-state index in [0.29, 0.717) is 0 Å². The van der Waals surface area contributed by atoms with Gasteiger partial charge in [0, 0.05) is 32.8 Å². The van der Waals surface area contributed by atoms with Gasteiger partial charge in [-0.3, -0.25) is 0 Å².